The topological polar surface area (TPSA) is 42.2 Å². The minimum absolute atomic E-state index is 0.0864. The van der Waals surface area contributed by atoms with Gasteiger partial charge in [-0.05, 0) is 77.2 Å². The maximum Gasteiger partial charge on any atom is 0.287 e. The number of furan rings is 1. The Balaban J connectivity index is 1.37. The Bertz CT molecular complexity index is 1130. The van der Waals surface area contributed by atoms with Gasteiger partial charge in [-0.1, -0.05) is 70.5 Å². The van der Waals surface area contributed by atoms with Crippen molar-refractivity contribution in [2.75, 3.05) is 6.54 Å². The average Bonchev–Trinajstić information content (AvgIpc) is 3.21. The van der Waals surface area contributed by atoms with Crippen molar-refractivity contribution in [2.45, 2.75) is 71.1 Å². The highest BCUT2D eigenvalue weighted by Gasteiger charge is 2.51. The van der Waals surface area contributed by atoms with Crippen LogP contribution in [0, 0.1) is 11.3 Å². The second kappa shape index (κ2) is 7.79. The van der Waals surface area contributed by atoms with Crippen molar-refractivity contribution >= 4 is 16.9 Å². The predicted molar refractivity (Wildman–Crippen MR) is 130 cm³/mol. The zero-order chi connectivity index (χ0) is 22.5. The lowest BCUT2D eigenvalue weighted by molar-refractivity contribution is 0.0251. The largest absolute Gasteiger partial charge is 0.451 e. The van der Waals surface area contributed by atoms with Crippen LogP contribution in [0.1, 0.15) is 86.5 Å². The number of carbonyl (C=O) groups excluding carboxylic acids is 1. The lowest BCUT2D eigenvalue weighted by Gasteiger charge is -2.55. The van der Waals surface area contributed by atoms with Crippen molar-refractivity contribution in [1.82, 2.24) is 5.32 Å². The maximum atomic E-state index is 12.9. The number of hydrogen-bond donors (Lipinski definition) is 1. The molecule has 1 heterocycles. The van der Waals surface area contributed by atoms with Gasteiger partial charge in [0.2, 0.25) is 0 Å². The van der Waals surface area contributed by atoms with E-state index in [1.54, 1.807) is 11.1 Å². The van der Waals surface area contributed by atoms with E-state index in [1.165, 1.54) is 24.8 Å². The highest BCUT2D eigenvalue weighted by atomic mass is 16.3. The summed E-state index contributed by atoms with van der Waals surface area (Å²) in [6.45, 7) is 10.1. The summed E-state index contributed by atoms with van der Waals surface area (Å²) < 4.78 is 5.79. The van der Waals surface area contributed by atoms with E-state index in [0.29, 0.717) is 24.1 Å². The summed E-state index contributed by atoms with van der Waals surface area (Å²) in [5, 5.41) is 4.21. The molecule has 1 fully saturated rings. The van der Waals surface area contributed by atoms with Crippen LogP contribution in [0.5, 0.6) is 0 Å². The van der Waals surface area contributed by atoms with Gasteiger partial charge in [-0.25, -0.2) is 0 Å². The van der Waals surface area contributed by atoms with E-state index in [2.05, 4.69) is 51.2 Å². The number of aryl methyl sites for hydroxylation is 1. The smallest absolute Gasteiger partial charge is 0.287 e. The van der Waals surface area contributed by atoms with Crippen molar-refractivity contribution in [3.8, 4) is 0 Å². The fourth-order valence-corrected chi connectivity index (χ4v) is 6.68. The summed E-state index contributed by atoms with van der Waals surface area (Å²) in [4.78, 5) is 12.9. The molecule has 0 unspecified atom stereocenters. The van der Waals surface area contributed by atoms with E-state index in [0.717, 1.165) is 23.8 Å². The first-order valence-corrected chi connectivity index (χ1v) is 12.2. The van der Waals surface area contributed by atoms with E-state index < -0.39 is 0 Å². The fraction of sp³-hybridized carbons (Fsp3) is 0.483. The minimum Gasteiger partial charge on any atom is -0.451 e. The molecule has 1 amide bonds. The van der Waals surface area contributed by atoms with E-state index in [9.17, 15) is 4.79 Å². The van der Waals surface area contributed by atoms with Gasteiger partial charge in [0.15, 0.2) is 5.76 Å². The molecule has 3 aromatic rings. The third kappa shape index (κ3) is 3.46. The van der Waals surface area contributed by atoms with E-state index >= 15 is 0 Å². The number of rotatable bonds is 4. The second-order valence-electron chi connectivity index (χ2n) is 10.9. The summed E-state index contributed by atoms with van der Waals surface area (Å²) in [6.07, 6.45) is 5.94. The van der Waals surface area contributed by atoms with Gasteiger partial charge in [-0.2, -0.15) is 0 Å². The van der Waals surface area contributed by atoms with Crippen LogP contribution in [0.25, 0.3) is 11.0 Å². The molecule has 1 saturated carbocycles. The molecule has 1 N–H and O–H groups in total. The Kier molecular flexibility index (Phi) is 5.19. The third-order valence-electron chi connectivity index (χ3n) is 8.47. The Morgan fingerprint density at radius 2 is 1.94 bits per heavy atom. The molecule has 3 atom stereocenters. The van der Waals surface area contributed by atoms with Gasteiger partial charge in [-0.15, -0.1) is 0 Å². The molecule has 0 bridgehead atoms. The molecule has 2 aliphatic carbocycles. The monoisotopic (exact) mass is 429 g/mol. The Labute approximate surface area is 191 Å². The number of amides is 1. The van der Waals surface area contributed by atoms with Crippen LogP contribution < -0.4 is 5.32 Å². The molecule has 2 aliphatic rings. The zero-order valence-electron chi connectivity index (χ0n) is 19.8. The van der Waals surface area contributed by atoms with Crippen molar-refractivity contribution in [1.29, 1.82) is 0 Å². The first-order valence-electron chi connectivity index (χ1n) is 12.2. The highest BCUT2D eigenvalue weighted by molar-refractivity contribution is 5.96. The summed E-state index contributed by atoms with van der Waals surface area (Å²) in [5.74, 6) is 1.43. The van der Waals surface area contributed by atoms with E-state index in [-0.39, 0.29) is 16.7 Å². The van der Waals surface area contributed by atoms with Gasteiger partial charge in [0.05, 0.1) is 0 Å². The molecule has 0 saturated heterocycles. The first-order chi connectivity index (χ1) is 15.3. The van der Waals surface area contributed by atoms with Crippen LogP contribution in [-0.4, -0.2) is 12.5 Å². The Morgan fingerprint density at radius 1 is 1.12 bits per heavy atom. The van der Waals surface area contributed by atoms with Gasteiger partial charge in [0.25, 0.3) is 5.91 Å². The molecular weight excluding hydrogens is 394 g/mol. The molecule has 0 radical (unpaired) electrons. The lowest BCUT2D eigenvalue weighted by Crippen LogP contribution is -2.53. The summed E-state index contributed by atoms with van der Waals surface area (Å²) in [7, 11) is 0. The number of hydrogen-bond acceptors (Lipinski definition) is 2. The maximum absolute atomic E-state index is 12.9. The number of para-hydroxylation sites is 1. The van der Waals surface area contributed by atoms with Gasteiger partial charge in [0.1, 0.15) is 5.58 Å². The van der Waals surface area contributed by atoms with Crippen LogP contribution in [0.2, 0.25) is 0 Å². The van der Waals surface area contributed by atoms with Gasteiger partial charge >= 0.3 is 0 Å². The third-order valence-corrected chi connectivity index (χ3v) is 8.47. The zero-order valence-corrected chi connectivity index (χ0v) is 19.8. The SMILES string of the molecule is CC(C)c1ccc2c(c1)CC[C@H]1[C@](C)(CNC(=O)c3cc4ccccc4o3)CCC[C@]21C. The normalized spacial score (nSPS) is 27.2. The minimum atomic E-state index is -0.104. The quantitative estimate of drug-likeness (QED) is 0.485. The molecule has 1 aromatic heterocycles. The van der Waals surface area contributed by atoms with E-state index in [4.69, 9.17) is 4.42 Å². The lowest BCUT2D eigenvalue weighted by atomic mass is 9.49. The first kappa shape index (κ1) is 21.3. The number of nitrogens with one attached hydrogen (secondary N) is 1. The molecule has 5 rings (SSSR count). The fourth-order valence-electron chi connectivity index (χ4n) is 6.68. The molecule has 0 spiro atoms. The summed E-state index contributed by atoms with van der Waals surface area (Å²) in [6, 6.07) is 16.8. The number of benzene rings is 2. The molecule has 2 aromatic carbocycles. The second-order valence-corrected chi connectivity index (χ2v) is 10.9. The number of fused-ring (bicyclic) bond motifs is 4. The van der Waals surface area contributed by atoms with Crippen LogP contribution in [0.3, 0.4) is 0 Å². The van der Waals surface area contributed by atoms with Crippen molar-refractivity contribution < 1.29 is 9.21 Å². The van der Waals surface area contributed by atoms with Crippen LogP contribution in [0.4, 0.5) is 0 Å². The van der Waals surface area contributed by atoms with Crippen molar-refractivity contribution in [3.63, 3.8) is 0 Å². The van der Waals surface area contributed by atoms with Gasteiger partial charge in [0, 0.05) is 11.9 Å². The predicted octanol–water partition coefficient (Wildman–Crippen LogP) is 7.00. The van der Waals surface area contributed by atoms with Gasteiger partial charge < -0.3 is 9.73 Å². The number of carbonyl (C=O) groups is 1. The molecule has 168 valence electrons. The van der Waals surface area contributed by atoms with Crippen LogP contribution in [-0.2, 0) is 11.8 Å². The standard InChI is InChI=1S/C29H35NO2/c1-19(2)20-10-12-23-21(16-20)11-13-26-28(3,14-7-15-29(23,26)4)18-30-27(31)25-17-22-8-5-6-9-24(22)32-25/h5-6,8-10,12,16-17,19,26H,7,11,13-15,18H2,1-4H3,(H,30,31)/t26-,28-,29+/m0/s1. The molecule has 32 heavy (non-hydrogen) atoms. The highest BCUT2D eigenvalue weighted by Crippen LogP contribution is 2.57. The molecular formula is C29H35NO2. The van der Waals surface area contributed by atoms with Crippen molar-refractivity contribution in [3.05, 3.63) is 71.0 Å². The van der Waals surface area contributed by atoms with Crippen LogP contribution in [0.15, 0.2) is 52.9 Å². The Morgan fingerprint density at radius 3 is 2.72 bits per heavy atom. The summed E-state index contributed by atoms with van der Waals surface area (Å²) in [5.41, 5.74) is 5.57. The molecule has 3 heteroatoms. The van der Waals surface area contributed by atoms with Crippen LogP contribution >= 0.6 is 0 Å². The molecule has 3 nitrogen and oxygen atoms in total. The van der Waals surface area contributed by atoms with Crippen molar-refractivity contribution in [2.24, 2.45) is 11.3 Å². The summed E-state index contributed by atoms with van der Waals surface area (Å²) >= 11 is 0. The average molecular weight is 430 g/mol. The Hall–Kier alpha value is -2.55. The van der Waals surface area contributed by atoms with E-state index in [1.807, 2.05) is 30.3 Å². The molecule has 0 aliphatic heterocycles. The van der Waals surface area contributed by atoms with Gasteiger partial charge in [-0.3, -0.25) is 4.79 Å².